The van der Waals surface area contributed by atoms with Crippen molar-refractivity contribution in [3.05, 3.63) is 47.3 Å². The van der Waals surface area contributed by atoms with E-state index in [4.69, 9.17) is 9.72 Å². The van der Waals surface area contributed by atoms with E-state index >= 15 is 0 Å². The molecule has 6 heteroatoms. The molecule has 0 saturated carbocycles. The van der Waals surface area contributed by atoms with Gasteiger partial charge in [-0.25, -0.2) is 15.0 Å². The molecule has 2 aromatic heterocycles. The Bertz CT molecular complexity index is 1090. The second kappa shape index (κ2) is 5.27. The lowest BCUT2D eigenvalue weighted by atomic mass is 10.1. The van der Waals surface area contributed by atoms with Crippen LogP contribution in [0.2, 0.25) is 0 Å². The van der Waals surface area contributed by atoms with Crippen molar-refractivity contribution in [2.24, 2.45) is 0 Å². The third kappa shape index (κ3) is 2.10. The summed E-state index contributed by atoms with van der Waals surface area (Å²) in [5.41, 5.74) is 3.99. The van der Waals surface area contributed by atoms with Crippen LogP contribution in [0.1, 0.15) is 6.42 Å². The Labute approximate surface area is 146 Å². The van der Waals surface area contributed by atoms with Crippen molar-refractivity contribution in [3.63, 3.8) is 0 Å². The van der Waals surface area contributed by atoms with Crippen LogP contribution >= 0.6 is 15.9 Å². The quantitative estimate of drug-likeness (QED) is 0.496. The van der Waals surface area contributed by atoms with Gasteiger partial charge in [0.05, 0.1) is 17.6 Å². The number of halogens is 1. The van der Waals surface area contributed by atoms with Gasteiger partial charge in [-0.15, -0.1) is 0 Å². The van der Waals surface area contributed by atoms with Crippen molar-refractivity contribution in [1.82, 2.24) is 19.5 Å². The monoisotopic (exact) mass is 380 g/mol. The topological polar surface area (TPSA) is 52.8 Å². The maximum absolute atomic E-state index is 5.91. The zero-order chi connectivity index (χ0) is 16.1. The van der Waals surface area contributed by atoms with Crippen LogP contribution in [0.25, 0.3) is 33.3 Å². The van der Waals surface area contributed by atoms with Crippen molar-refractivity contribution in [1.29, 1.82) is 0 Å². The van der Waals surface area contributed by atoms with Gasteiger partial charge in [-0.1, -0.05) is 28.1 Å². The number of rotatable bonds is 1. The van der Waals surface area contributed by atoms with Crippen LogP contribution in [-0.2, 0) is 6.54 Å². The number of nitrogens with zero attached hydrogens (tertiary/aromatic N) is 4. The number of hydrogen-bond donors (Lipinski definition) is 0. The second-order valence-corrected chi connectivity index (χ2v) is 6.77. The van der Waals surface area contributed by atoms with Crippen molar-refractivity contribution < 1.29 is 4.74 Å². The van der Waals surface area contributed by atoms with E-state index in [-0.39, 0.29) is 0 Å². The average molecular weight is 381 g/mol. The van der Waals surface area contributed by atoms with E-state index in [0.29, 0.717) is 0 Å². The first-order valence-electron chi connectivity index (χ1n) is 7.82. The summed E-state index contributed by atoms with van der Waals surface area (Å²) < 4.78 is 9.15. The van der Waals surface area contributed by atoms with Gasteiger partial charge in [-0.3, -0.25) is 0 Å². The molecule has 0 N–H and O–H groups in total. The van der Waals surface area contributed by atoms with E-state index < -0.39 is 0 Å². The number of ether oxygens (including phenoxy) is 1. The molecule has 24 heavy (non-hydrogen) atoms. The second-order valence-electron chi connectivity index (χ2n) is 5.86. The molecule has 5 nitrogen and oxygen atoms in total. The Balaban J connectivity index is 1.80. The summed E-state index contributed by atoms with van der Waals surface area (Å²) >= 11 is 3.55. The van der Waals surface area contributed by atoms with Crippen molar-refractivity contribution >= 4 is 37.9 Å². The SMILES string of the molecule is Brc1cc2c3c(c1)nc(-c1ccc4cncnc4c1)n3CCCO2. The molecule has 0 radical (unpaired) electrons. The minimum absolute atomic E-state index is 0.720. The zero-order valence-electron chi connectivity index (χ0n) is 12.7. The number of aromatic nitrogens is 4. The van der Waals surface area contributed by atoms with Gasteiger partial charge in [0, 0.05) is 28.2 Å². The van der Waals surface area contributed by atoms with Gasteiger partial charge >= 0.3 is 0 Å². The third-order valence-electron chi connectivity index (χ3n) is 4.32. The van der Waals surface area contributed by atoms with E-state index in [0.717, 1.165) is 63.1 Å². The molecule has 0 spiro atoms. The number of benzene rings is 2. The standard InChI is InChI=1S/C18H13BrN4O/c19-13-7-15-17-16(8-13)24-5-1-4-23(17)18(22-15)11-2-3-12-9-20-10-21-14(12)6-11/h2-3,6-10H,1,4-5H2. The summed E-state index contributed by atoms with van der Waals surface area (Å²) in [6.07, 6.45) is 4.36. The smallest absolute Gasteiger partial charge is 0.146 e. The first kappa shape index (κ1) is 13.9. The summed E-state index contributed by atoms with van der Waals surface area (Å²) in [7, 11) is 0. The fourth-order valence-electron chi connectivity index (χ4n) is 3.26. The molecule has 5 rings (SSSR count). The largest absolute Gasteiger partial charge is 0.491 e. The Hall–Kier alpha value is -2.47. The fourth-order valence-corrected chi connectivity index (χ4v) is 3.69. The molecule has 0 amide bonds. The van der Waals surface area contributed by atoms with Crippen LogP contribution in [-0.4, -0.2) is 26.1 Å². The minimum atomic E-state index is 0.720. The number of imidazole rings is 1. The van der Waals surface area contributed by atoms with Crippen LogP contribution < -0.4 is 4.74 Å². The Morgan fingerprint density at radius 2 is 2.08 bits per heavy atom. The molecule has 2 aromatic carbocycles. The normalized spacial score (nSPS) is 13.9. The predicted molar refractivity (Wildman–Crippen MR) is 96.1 cm³/mol. The summed E-state index contributed by atoms with van der Waals surface area (Å²) in [6.45, 7) is 1.61. The summed E-state index contributed by atoms with van der Waals surface area (Å²) in [5.74, 6) is 1.84. The summed E-state index contributed by atoms with van der Waals surface area (Å²) in [5, 5.41) is 1.03. The van der Waals surface area contributed by atoms with Crippen LogP contribution in [0, 0.1) is 0 Å². The molecule has 0 unspecified atom stereocenters. The molecule has 118 valence electrons. The molecule has 0 fully saturated rings. The van der Waals surface area contributed by atoms with Gasteiger partial charge in [-0.2, -0.15) is 0 Å². The van der Waals surface area contributed by atoms with Crippen LogP contribution in [0.4, 0.5) is 0 Å². The average Bonchev–Trinajstić information content (AvgIpc) is 2.82. The maximum Gasteiger partial charge on any atom is 0.146 e. The zero-order valence-corrected chi connectivity index (χ0v) is 14.3. The van der Waals surface area contributed by atoms with E-state index in [1.807, 2.05) is 24.4 Å². The van der Waals surface area contributed by atoms with Crippen LogP contribution in [0.5, 0.6) is 5.75 Å². The molecular formula is C18H13BrN4O. The molecule has 0 saturated heterocycles. The van der Waals surface area contributed by atoms with Gasteiger partial charge in [0.1, 0.15) is 23.4 Å². The van der Waals surface area contributed by atoms with E-state index in [1.165, 1.54) is 0 Å². The molecule has 1 aliphatic rings. The highest BCUT2D eigenvalue weighted by molar-refractivity contribution is 9.10. The highest BCUT2D eigenvalue weighted by Gasteiger charge is 2.19. The van der Waals surface area contributed by atoms with E-state index in [2.05, 4.69) is 42.6 Å². The maximum atomic E-state index is 5.91. The van der Waals surface area contributed by atoms with Gasteiger partial charge in [0.15, 0.2) is 0 Å². The summed E-state index contributed by atoms with van der Waals surface area (Å²) in [6, 6.07) is 10.3. The number of hydrogen-bond acceptors (Lipinski definition) is 4. The highest BCUT2D eigenvalue weighted by Crippen LogP contribution is 2.36. The van der Waals surface area contributed by atoms with Crippen molar-refractivity contribution in [2.45, 2.75) is 13.0 Å². The molecule has 0 aliphatic carbocycles. The van der Waals surface area contributed by atoms with E-state index in [1.54, 1.807) is 6.33 Å². The number of fused-ring (bicyclic) bond motifs is 1. The van der Waals surface area contributed by atoms with E-state index in [9.17, 15) is 0 Å². The molecule has 4 aromatic rings. The molecular weight excluding hydrogens is 368 g/mol. The Kier molecular flexibility index (Phi) is 3.06. The highest BCUT2D eigenvalue weighted by atomic mass is 79.9. The van der Waals surface area contributed by atoms with Gasteiger partial charge < -0.3 is 9.30 Å². The number of aryl methyl sites for hydroxylation is 1. The van der Waals surface area contributed by atoms with Gasteiger partial charge in [-0.05, 0) is 24.6 Å². The van der Waals surface area contributed by atoms with Crippen LogP contribution in [0.15, 0.2) is 47.3 Å². The Morgan fingerprint density at radius 1 is 1.12 bits per heavy atom. The van der Waals surface area contributed by atoms with Crippen molar-refractivity contribution in [3.8, 4) is 17.1 Å². The minimum Gasteiger partial charge on any atom is -0.491 e. The predicted octanol–water partition coefficient (Wildman–Crippen LogP) is 4.19. The summed E-state index contributed by atoms with van der Waals surface area (Å²) in [4.78, 5) is 13.3. The van der Waals surface area contributed by atoms with Gasteiger partial charge in [0.2, 0.25) is 0 Å². The Morgan fingerprint density at radius 3 is 3.04 bits per heavy atom. The molecule has 0 atom stereocenters. The fraction of sp³-hybridized carbons (Fsp3) is 0.167. The molecule has 1 aliphatic heterocycles. The third-order valence-corrected chi connectivity index (χ3v) is 4.78. The van der Waals surface area contributed by atoms with Gasteiger partial charge in [0.25, 0.3) is 0 Å². The molecule has 3 heterocycles. The van der Waals surface area contributed by atoms with Crippen molar-refractivity contribution in [2.75, 3.05) is 6.61 Å². The first-order valence-corrected chi connectivity index (χ1v) is 8.62. The molecule has 0 bridgehead atoms. The lowest BCUT2D eigenvalue weighted by Gasteiger charge is -2.07. The first-order chi connectivity index (χ1) is 11.8. The van der Waals surface area contributed by atoms with Crippen LogP contribution in [0.3, 0.4) is 0 Å². The lowest BCUT2D eigenvalue weighted by molar-refractivity contribution is 0.315. The lowest BCUT2D eigenvalue weighted by Crippen LogP contribution is -2.01.